The molecule has 0 bridgehead atoms. The molecule has 0 aromatic carbocycles. The predicted molar refractivity (Wildman–Crippen MR) is 79.2 cm³/mol. The van der Waals surface area contributed by atoms with E-state index >= 15 is 0 Å². The largest absolute Gasteiger partial charge is 0.356 e. The second-order valence-electron chi connectivity index (χ2n) is 5.42. The molecule has 1 amide bonds. The fourth-order valence-electron chi connectivity index (χ4n) is 2.21. The highest BCUT2D eigenvalue weighted by molar-refractivity contribution is 5.91. The number of hydrogen-bond acceptors (Lipinski definition) is 6. The smallest absolute Gasteiger partial charge is 0.273 e. The molecule has 1 aliphatic carbocycles. The number of aromatic nitrogens is 5. The van der Waals surface area contributed by atoms with Crippen molar-refractivity contribution < 1.29 is 9.32 Å². The van der Waals surface area contributed by atoms with Crippen molar-refractivity contribution in [1.29, 1.82) is 0 Å². The third-order valence-electron chi connectivity index (χ3n) is 3.62. The van der Waals surface area contributed by atoms with Gasteiger partial charge in [0.1, 0.15) is 5.69 Å². The molecule has 1 saturated carbocycles. The second kappa shape index (κ2) is 5.64. The van der Waals surface area contributed by atoms with Gasteiger partial charge in [-0.05, 0) is 25.0 Å². The van der Waals surface area contributed by atoms with Gasteiger partial charge in [-0.1, -0.05) is 10.4 Å². The summed E-state index contributed by atoms with van der Waals surface area (Å²) < 4.78 is 7.01. The molecule has 23 heavy (non-hydrogen) atoms. The van der Waals surface area contributed by atoms with E-state index < -0.39 is 0 Å². The van der Waals surface area contributed by atoms with Gasteiger partial charge in [0.15, 0.2) is 11.5 Å². The van der Waals surface area contributed by atoms with Gasteiger partial charge in [0, 0.05) is 24.0 Å². The zero-order chi connectivity index (χ0) is 15.6. The summed E-state index contributed by atoms with van der Waals surface area (Å²) in [7, 11) is 0. The number of pyridine rings is 1. The number of nitrogens with zero attached hydrogens (tertiary/aromatic N) is 5. The number of amides is 1. The molecule has 0 atom stereocenters. The summed E-state index contributed by atoms with van der Waals surface area (Å²) >= 11 is 0. The van der Waals surface area contributed by atoms with Crippen molar-refractivity contribution in [2.24, 2.45) is 0 Å². The molecule has 1 fully saturated rings. The van der Waals surface area contributed by atoms with Crippen molar-refractivity contribution >= 4 is 5.91 Å². The Morgan fingerprint density at radius 2 is 2.17 bits per heavy atom. The minimum atomic E-state index is -0.273. The highest BCUT2D eigenvalue weighted by Crippen LogP contribution is 2.33. The molecule has 0 spiro atoms. The first-order valence-electron chi connectivity index (χ1n) is 7.35. The van der Waals surface area contributed by atoms with Crippen LogP contribution in [0.3, 0.4) is 0 Å². The first-order chi connectivity index (χ1) is 11.3. The number of nitrogens with one attached hydrogen (secondary N) is 1. The van der Waals surface area contributed by atoms with Crippen LogP contribution in [0.15, 0.2) is 41.3 Å². The average Bonchev–Trinajstić information content (AvgIpc) is 3.14. The lowest BCUT2D eigenvalue weighted by atomic mass is 10.2. The van der Waals surface area contributed by atoms with Gasteiger partial charge < -0.3 is 9.84 Å². The standard InChI is InChI=1S/C15H14N6O2/c22-15(13-9-21(20-18-13)12-1-2-12)17-8-11-7-14(23-19-11)10-3-5-16-6-4-10/h3-7,9,12H,1-2,8H2,(H,17,22). The Morgan fingerprint density at radius 3 is 2.96 bits per heavy atom. The van der Waals surface area contributed by atoms with Gasteiger partial charge in [-0.15, -0.1) is 5.10 Å². The van der Waals surface area contributed by atoms with Crippen molar-refractivity contribution in [2.75, 3.05) is 0 Å². The van der Waals surface area contributed by atoms with E-state index in [4.69, 9.17) is 4.52 Å². The molecule has 8 nitrogen and oxygen atoms in total. The van der Waals surface area contributed by atoms with E-state index in [1.54, 1.807) is 29.3 Å². The fraction of sp³-hybridized carbons (Fsp3) is 0.267. The molecule has 8 heteroatoms. The van der Waals surface area contributed by atoms with Gasteiger partial charge in [0.2, 0.25) is 0 Å². The Labute approximate surface area is 131 Å². The molecular formula is C15H14N6O2. The Hall–Kier alpha value is -3.03. The molecule has 0 radical (unpaired) electrons. The van der Waals surface area contributed by atoms with Gasteiger partial charge in [-0.2, -0.15) is 0 Å². The Balaban J connectivity index is 1.38. The lowest BCUT2D eigenvalue weighted by Crippen LogP contribution is -2.23. The van der Waals surface area contributed by atoms with E-state index in [2.05, 4.69) is 25.8 Å². The highest BCUT2D eigenvalue weighted by atomic mass is 16.5. The quantitative estimate of drug-likeness (QED) is 0.768. The third kappa shape index (κ3) is 2.96. The van der Waals surface area contributed by atoms with E-state index in [0.717, 1.165) is 18.4 Å². The molecule has 0 saturated heterocycles. The van der Waals surface area contributed by atoms with E-state index in [1.165, 1.54) is 0 Å². The molecule has 3 heterocycles. The maximum absolute atomic E-state index is 12.1. The first-order valence-corrected chi connectivity index (χ1v) is 7.35. The summed E-state index contributed by atoms with van der Waals surface area (Å²) in [4.78, 5) is 16.0. The minimum absolute atomic E-state index is 0.268. The molecule has 0 unspecified atom stereocenters. The maximum atomic E-state index is 12.1. The summed E-state index contributed by atoms with van der Waals surface area (Å²) in [5.74, 6) is 0.363. The van der Waals surface area contributed by atoms with Gasteiger partial charge in [-0.3, -0.25) is 9.78 Å². The summed E-state index contributed by atoms with van der Waals surface area (Å²) in [5.41, 5.74) is 1.84. The van der Waals surface area contributed by atoms with Gasteiger partial charge >= 0.3 is 0 Å². The normalized spacial score (nSPS) is 13.9. The predicted octanol–water partition coefficient (Wildman–Crippen LogP) is 1.59. The lowest BCUT2D eigenvalue weighted by Gasteiger charge is -1.98. The maximum Gasteiger partial charge on any atom is 0.273 e. The summed E-state index contributed by atoms with van der Waals surface area (Å²) in [5, 5.41) is 14.6. The summed E-state index contributed by atoms with van der Waals surface area (Å²) in [6.07, 6.45) is 7.24. The van der Waals surface area contributed by atoms with E-state index in [9.17, 15) is 4.79 Å². The van der Waals surface area contributed by atoms with Crippen LogP contribution in [0.5, 0.6) is 0 Å². The van der Waals surface area contributed by atoms with Crippen LogP contribution in [-0.4, -0.2) is 31.0 Å². The summed E-state index contributed by atoms with van der Waals surface area (Å²) in [6.45, 7) is 0.268. The molecule has 4 rings (SSSR count). The number of carbonyl (C=O) groups is 1. The number of hydrogen-bond donors (Lipinski definition) is 1. The number of carbonyl (C=O) groups excluding carboxylic acids is 1. The zero-order valence-corrected chi connectivity index (χ0v) is 12.2. The Bertz CT molecular complexity index is 821. The fourth-order valence-corrected chi connectivity index (χ4v) is 2.21. The van der Waals surface area contributed by atoms with Crippen molar-refractivity contribution in [3.05, 3.63) is 48.2 Å². The van der Waals surface area contributed by atoms with E-state index in [-0.39, 0.29) is 12.5 Å². The van der Waals surface area contributed by atoms with Crippen molar-refractivity contribution in [3.63, 3.8) is 0 Å². The van der Waals surface area contributed by atoms with Crippen LogP contribution in [0.2, 0.25) is 0 Å². The van der Waals surface area contributed by atoms with Crippen LogP contribution in [-0.2, 0) is 6.54 Å². The van der Waals surface area contributed by atoms with Crippen LogP contribution in [0.1, 0.15) is 35.1 Å². The van der Waals surface area contributed by atoms with Crippen LogP contribution < -0.4 is 5.32 Å². The Kier molecular flexibility index (Phi) is 3.34. The summed E-state index contributed by atoms with van der Waals surface area (Å²) in [6, 6.07) is 5.86. The molecule has 1 N–H and O–H groups in total. The van der Waals surface area contributed by atoms with Crippen LogP contribution >= 0.6 is 0 Å². The van der Waals surface area contributed by atoms with Crippen molar-refractivity contribution in [2.45, 2.75) is 25.4 Å². The average molecular weight is 310 g/mol. The molecule has 116 valence electrons. The van der Waals surface area contributed by atoms with Gasteiger partial charge in [-0.25, -0.2) is 4.68 Å². The zero-order valence-electron chi connectivity index (χ0n) is 12.2. The third-order valence-corrected chi connectivity index (χ3v) is 3.62. The highest BCUT2D eigenvalue weighted by Gasteiger charge is 2.25. The van der Waals surface area contributed by atoms with Crippen molar-refractivity contribution in [1.82, 2.24) is 30.5 Å². The first kappa shape index (κ1) is 13.6. The monoisotopic (exact) mass is 310 g/mol. The molecule has 3 aromatic heterocycles. The molecule has 3 aromatic rings. The minimum Gasteiger partial charge on any atom is -0.356 e. The van der Waals surface area contributed by atoms with Crippen LogP contribution in [0, 0.1) is 0 Å². The molecule has 1 aliphatic rings. The van der Waals surface area contributed by atoms with Gasteiger partial charge in [0.05, 0.1) is 18.8 Å². The SMILES string of the molecule is O=C(NCc1cc(-c2ccncc2)on1)c1cn(C2CC2)nn1. The molecular weight excluding hydrogens is 296 g/mol. The second-order valence-corrected chi connectivity index (χ2v) is 5.42. The van der Waals surface area contributed by atoms with Gasteiger partial charge in [0.25, 0.3) is 5.91 Å². The molecule has 0 aliphatic heterocycles. The van der Waals surface area contributed by atoms with Crippen LogP contribution in [0.25, 0.3) is 11.3 Å². The van der Waals surface area contributed by atoms with Crippen molar-refractivity contribution in [3.8, 4) is 11.3 Å². The van der Waals surface area contributed by atoms with E-state index in [0.29, 0.717) is 23.2 Å². The lowest BCUT2D eigenvalue weighted by molar-refractivity contribution is 0.0945. The topological polar surface area (TPSA) is 98.7 Å². The van der Waals surface area contributed by atoms with E-state index in [1.807, 2.05) is 12.1 Å². The van der Waals surface area contributed by atoms with Crippen LogP contribution in [0.4, 0.5) is 0 Å². The Morgan fingerprint density at radius 1 is 1.35 bits per heavy atom. The number of rotatable bonds is 5.